The lowest BCUT2D eigenvalue weighted by Gasteiger charge is -2.32. The molecule has 26 heavy (non-hydrogen) atoms. The second kappa shape index (κ2) is 7.86. The number of hydrogen-bond acceptors (Lipinski definition) is 5. The molecule has 0 unspecified atom stereocenters. The Hall–Kier alpha value is -2.41. The second-order valence-electron chi connectivity index (χ2n) is 6.58. The molecule has 2 heterocycles. The van der Waals surface area contributed by atoms with Crippen LogP contribution in [-0.4, -0.2) is 46.6 Å². The fourth-order valence-corrected chi connectivity index (χ4v) is 4.18. The lowest BCUT2D eigenvalue weighted by Crippen LogP contribution is -2.39. The Balaban J connectivity index is 1.76. The van der Waals surface area contributed by atoms with Crippen molar-refractivity contribution in [3.05, 3.63) is 45.4 Å². The smallest absolute Gasteiger partial charge is 0.341 e. The summed E-state index contributed by atoms with van der Waals surface area (Å²) in [5.74, 6) is -0.191. The number of carboxylic acids is 1. The highest BCUT2D eigenvalue weighted by Crippen LogP contribution is 2.30. The molecule has 1 amide bonds. The van der Waals surface area contributed by atoms with Gasteiger partial charge in [-0.1, -0.05) is 0 Å². The van der Waals surface area contributed by atoms with Gasteiger partial charge < -0.3 is 14.7 Å². The number of thiazole rings is 1. The van der Waals surface area contributed by atoms with Gasteiger partial charge in [0, 0.05) is 36.1 Å². The van der Waals surface area contributed by atoms with Gasteiger partial charge in [-0.05, 0) is 49.9 Å². The first-order chi connectivity index (χ1) is 12.5. The average Bonchev–Trinajstić information content (AvgIpc) is 3.15. The molecule has 1 saturated heterocycles. The summed E-state index contributed by atoms with van der Waals surface area (Å²) < 4.78 is 5.34. The third kappa shape index (κ3) is 4.04. The number of carbonyl (C=O) groups excluding carboxylic acids is 1. The molecule has 1 atom stereocenters. The fourth-order valence-electron chi connectivity index (χ4n) is 3.42. The lowest BCUT2D eigenvalue weighted by atomic mass is 9.97. The summed E-state index contributed by atoms with van der Waals surface area (Å²) >= 11 is 1.64. The molecule has 1 N–H and O–H groups in total. The SMILES string of the molecule is Cc1cc(C(=O)N2CCC[C@@H](c3nccs3)C2)cc(C)c1OCC(=O)O. The maximum absolute atomic E-state index is 13.0. The molecule has 0 spiro atoms. The maximum Gasteiger partial charge on any atom is 0.341 e. The van der Waals surface area contributed by atoms with E-state index in [1.54, 1.807) is 23.5 Å². The molecule has 6 nitrogen and oxygen atoms in total. The minimum atomic E-state index is -1.02. The molecule has 3 rings (SSSR count). The number of likely N-dealkylation sites (tertiary alicyclic amines) is 1. The van der Waals surface area contributed by atoms with Crippen LogP contribution in [0.3, 0.4) is 0 Å². The maximum atomic E-state index is 13.0. The van der Waals surface area contributed by atoms with Crippen molar-refractivity contribution in [2.75, 3.05) is 19.7 Å². The topological polar surface area (TPSA) is 79.7 Å². The van der Waals surface area contributed by atoms with Crippen LogP contribution in [-0.2, 0) is 4.79 Å². The van der Waals surface area contributed by atoms with E-state index in [4.69, 9.17) is 9.84 Å². The van der Waals surface area contributed by atoms with Gasteiger partial charge in [0.1, 0.15) is 5.75 Å². The number of ether oxygens (including phenoxy) is 1. The van der Waals surface area contributed by atoms with E-state index >= 15 is 0 Å². The molecule has 2 aromatic rings. The summed E-state index contributed by atoms with van der Waals surface area (Å²) in [5.41, 5.74) is 2.15. The number of hydrogen-bond donors (Lipinski definition) is 1. The largest absolute Gasteiger partial charge is 0.481 e. The van der Waals surface area contributed by atoms with Crippen molar-refractivity contribution in [1.82, 2.24) is 9.88 Å². The van der Waals surface area contributed by atoms with E-state index in [0.29, 0.717) is 23.8 Å². The van der Waals surface area contributed by atoms with Crippen molar-refractivity contribution in [3.8, 4) is 5.75 Å². The van der Waals surface area contributed by atoms with Gasteiger partial charge in [0.05, 0.1) is 5.01 Å². The zero-order valence-corrected chi connectivity index (χ0v) is 15.7. The van der Waals surface area contributed by atoms with Crippen LogP contribution in [0.4, 0.5) is 0 Å². The van der Waals surface area contributed by atoms with Crippen LogP contribution in [0.5, 0.6) is 5.75 Å². The van der Waals surface area contributed by atoms with Crippen molar-refractivity contribution in [1.29, 1.82) is 0 Å². The van der Waals surface area contributed by atoms with Crippen molar-refractivity contribution in [3.63, 3.8) is 0 Å². The molecular weight excluding hydrogens is 352 g/mol. The highest BCUT2D eigenvalue weighted by atomic mass is 32.1. The molecule has 0 radical (unpaired) electrons. The number of aliphatic carboxylic acids is 1. The fraction of sp³-hybridized carbons (Fsp3) is 0.421. The van der Waals surface area contributed by atoms with E-state index in [9.17, 15) is 9.59 Å². The number of benzene rings is 1. The molecule has 1 aromatic carbocycles. The summed E-state index contributed by atoms with van der Waals surface area (Å²) in [5, 5.41) is 11.8. The van der Waals surface area contributed by atoms with Gasteiger partial charge in [-0.3, -0.25) is 4.79 Å². The molecule has 1 aliphatic rings. The van der Waals surface area contributed by atoms with Gasteiger partial charge in [-0.2, -0.15) is 0 Å². The zero-order valence-electron chi connectivity index (χ0n) is 14.9. The van der Waals surface area contributed by atoms with Gasteiger partial charge in [-0.15, -0.1) is 11.3 Å². The zero-order chi connectivity index (χ0) is 18.7. The molecular formula is C19H22N2O4S. The molecule has 7 heteroatoms. The van der Waals surface area contributed by atoms with E-state index in [2.05, 4.69) is 4.98 Å². The summed E-state index contributed by atoms with van der Waals surface area (Å²) in [6, 6.07) is 3.55. The standard InChI is InChI=1S/C19H22N2O4S/c1-12-8-15(9-13(2)17(12)25-11-16(22)23)19(24)21-6-3-4-14(10-21)18-20-5-7-26-18/h5,7-9,14H,3-4,6,10-11H2,1-2H3,(H,22,23)/t14-/m1/s1. The van der Waals surface area contributed by atoms with E-state index in [1.807, 2.05) is 30.3 Å². The van der Waals surface area contributed by atoms with E-state index in [0.717, 1.165) is 35.5 Å². The molecule has 1 aromatic heterocycles. The van der Waals surface area contributed by atoms with Gasteiger partial charge >= 0.3 is 5.97 Å². The Morgan fingerprint density at radius 1 is 1.35 bits per heavy atom. The first kappa shape index (κ1) is 18.4. The first-order valence-electron chi connectivity index (χ1n) is 8.60. The number of amides is 1. The van der Waals surface area contributed by atoms with Gasteiger partial charge in [0.2, 0.25) is 0 Å². The second-order valence-corrected chi connectivity index (χ2v) is 7.51. The van der Waals surface area contributed by atoms with Gasteiger partial charge in [0.15, 0.2) is 6.61 Å². The van der Waals surface area contributed by atoms with E-state index in [1.165, 1.54) is 0 Å². The predicted octanol–water partition coefficient (Wildman–Crippen LogP) is 3.24. The Morgan fingerprint density at radius 3 is 2.69 bits per heavy atom. The number of aryl methyl sites for hydroxylation is 2. The molecule has 1 aliphatic heterocycles. The summed E-state index contributed by atoms with van der Waals surface area (Å²) in [7, 11) is 0. The predicted molar refractivity (Wildman–Crippen MR) is 99.0 cm³/mol. The first-order valence-corrected chi connectivity index (χ1v) is 9.48. The normalized spacial score (nSPS) is 17.2. The number of aromatic nitrogens is 1. The minimum Gasteiger partial charge on any atom is -0.481 e. The molecule has 1 fully saturated rings. The van der Waals surface area contributed by atoms with Crippen molar-refractivity contribution < 1.29 is 19.4 Å². The van der Waals surface area contributed by atoms with E-state index in [-0.39, 0.29) is 5.91 Å². The summed E-state index contributed by atoms with van der Waals surface area (Å²) in [4.78, 5) is 30.0. The van der Waals surface area contributed by atoms with Crippen LogP contribution in [0, 0.1) is 13.8 Å². The number of nitrogens with zero attached hydrogens (tertiary/aromatic N) is 2. The molecule has 0 saturated carbocycles. The van der Waals surface area contributed by atoms with Crippen LogP contribution in [0.2, 0.25) is 0 Å². The third-order valence-electron chi connectivity index (χ3n) is 4.56. The van der Waals surface area contributed by atoms with Crippen molar-refractivity contribution >= 4 is 23.2 Å². The van der Waals surface area contributed by atoms with Gasteiger partial charge in [0.25, 0.3) is 5.91 Å². The van der Waals surface area contributed by atoms with Crippen LogP contribution in [0.15, 0.2) is 23.7 Å². The third-order valence-corrected chi connectivity index (χ3v) is 5.49. The van der Waals surface area contributed by atoms with Crippen LogP contribution >= 0.6 is 11.3 Å². The molecule has 138 valence electrons. The highest BCUT2D eigenvalue weighted by molar-refractivity contribution is 7.09. The van der Waals surface area contributed by atoms with Crippen molar-refractivity contribution in [2.45, 2.75) is 32.6 Å². The number of carbonyl (C=O) groups is 2. The summed E-state index contributed by atoms with van der Waals surface area (Å²) in [6.45, 7) is 4.69. The number of rotatable bonds is 5. The Bertz CT molecular complexity index is 781. The Kier molecular flexibility index (Phi) is 5.56. The molecule has 0 bridgehead atoms. The Labute approximate surface area is 156 Å². The van der Waals surface area contributed by atoms with Crippen molar-refractivity contribution in [2.24, 2.45) is 0 Å². The van der Waals surface area contributed by atoms with E-state index < -0.39 is 12.6 Å². The van der Waals surface area contributed by atoms with Crippen LogP contribution in [0.1, 0.15) is 45.3 Å². The van der Waals surface area contributed by atoms with Gasteiger partial charge in [-0.25, -0.2) is 9.78 Å². The van der Waals surface area contributed by atoms with Crippen LogP contribution < -0.4 is 4.74 Å². The average molecular weight is 374 g/mol. The Morgan fingerprint density at radius 2 is 2.08 bits per heavy atom. The lowest BCUT2D eigenvalue weighted by molar-refractivity contribution is -0.139. The minimum absolute atomic E-state index is 0.00207. The highest BCUT2D eigenvalue weighted by Gasteiger charge is 2.27. The number of piperidine rings is 1. The molecule has 0 aliphatic carbocycles. The monoisotopic (exact) mass is 374 g/mol. The summed E-state index contributed by atoms with van der Waals surface area (Å²) in [6.07, 6.45) is 3.83. The quantitative estimate of drug-likeness (QED) is 0.869. The number of carboxylic acid groups (broad SMARTS) is 1. The van der Waals surface area contributed by atoms with Crippen LogP contribution in [0.25, 0.3) is 0 Å².